The first kappa shape index (κ1) is 22.4. The average Bonchev–Trinajstić information content (AvgIpc) is 2.73. The highest BCUT2D eigenvalue weighted by atomic mass is 19.1. The van der Waals surface area contributed by atoms with Crippen molar-refractivity contribution in [3.8, 4) is 22.6 Å². The summed E-state index contributed by atoms with van der Waals surface area (Å²) in [6, 6.07) is 12.6. The Labute approximate surface area is 182 Å². The Morgan fingerprint density at radius 2 is 1.97 bits per heavy atom. The van der Waals surface area contributed by atoms with Crippen LogP contribution in [0.1, 0.15) is 27.2 Å². The standard InChI is InChI=1S/C24H27FN2O4/c1-24(2,3)31-23(28)27-11-10-22(20(25)15-27)30-18-13-16(12-17(14-18)26-4)19-8-6-7-9-21(19)29-5/h6-9,12-14,20,22H,10-11,15H2,1-3,5H3. The van der Waals surface area contributed by atoms with Gasteiger partial charge in [-0.05, 0) is 50.6 Å². The summed E-state index contributed by atoms with van der Waals surface area (Å²) in [4.78, 5) is 17.1. The zero-order valence-electron chi connectivity index (χ0n) is 18.2. The number of methoxy groups -OCH3 is 1. The van der Waals surface area contributed by atoms with Gasteiger partial charge in [0.2, 0.25) is 0 Å². The third kappa shape index (κ3) is 5.66. The molecule has 0 aliphatic carbocycles. The van der Waals surface area contributed by atoms with Gasteiger partial charge < -0.3 is 19.1 Å². The average molecular weight is 426 g/mol. The number of rotatable bonds is 4. The maximum absolute atomic E-state index is 14.8. The lowest BCUT2D eigenvalue weighted by Crippen LogP contribution is -2.50. The Morgan fingerprint density at radius 3 is 2.61 bits per heavy atom. The van der Waals surface area contributed by atoms with Gasteiger partial charge in [0.05, 0.1) is 20.2 Å². The summed E-state index contributed by atoms with van der Waals surface area (Å²) >= 11 is 0. The van der Waals surface area contributed by atoms with Crippen molar-refractivity contribution in [2.75, 3.05) is 20.2 Å². The highest BCUT2D eigenvalue weighted by molar-refractivity contribution is 5.75. The topological polar surface area (TPSA) is 52.4 Å². The van der Waals surface area contributed by atoms with E-state index in [0.29, 0.717) is 30.2 Å². The Morgan fingerprint density at radius 1 is 1.23 bits per heavy atom. The van der Waals surface area contributed by atoms with Crippen molar-refractivity contribution in [2.24, 2.45) is 0 Å². The molecule has 0 N–H and O–H groups in total. The molecule has 0 aromatic heterocycles. The summed E-state index contributed by atoms with van der Waals surface area (Å²) in [5, 5.41) is 0. The molecular formula is C24H27FN2O4. The smallest absolute Gasteiger partial charge is 0.410 e. The van der Waals surface area contributed by atoms with Crippen molar-refractivity contribution in [1.29, 1.82) is 0 Å². The van der Waals surface area contributed by atoms with Crippen LogP contribution in [0, 0.1) is 6.57 Å². The Balaban J connectivity index is 1.76. The summed E-state index contributed by atoms with van der Waals surface area (Å²) in [5.74, 6) is 1.08. The van der Waals surface area contributed by atoms with Gasteiger partial charge in [0.15, 0.2) is 11.9 Å². The van der Waals surface area contributed by atoms with E-state index in [1.54, 1.807) is 46.1 Å². The molecule has 1 aliphatic rings. The number of alkyl halides is 1. The van der Waals surface area contributed by atoms with E-state index in [1.807, 2.05) is 24.3 Å². The molecule has 31 heavy (non-hydrogen) atoms. The van der Waals surface area contributed by atoms with Crippen LogP contribution in [0.3, 0.4) is 0 Å². The molecule has 1 amide bonds. The Bertz CT molecular complexity index is 980. The van der Waals surface area contributed by atoms with Crippen LogP contribution in [-0.4, -0.2) is 49.1 Å². The third-order valence-corrected chi connectivity index (χ3v) is 4.86. The van der Waals surface area contributed by atoms with Gasteiger partial charge in [-0.15, -0.1) is 0 Å². The fraction of sp³-hybridized carbons (Fsp3) is 0.417. The number of ether oxygens (including phenoxy) is 3. The van der Waals surface area contributed by atoms with Gasteiger partial charge in [-0.25, -0.2) is 14.0 Å². The number of hydrogen-bond donors (Lipinski definition) is 0. The van der Waals surface area contributed by atoms with Crippen LogP contribution in [0.15, 0.2) is 42.5 Å². The van der Waals surface area contributed by atoms with Gasteiger partial charge in [-0.3, -0.25) is 0 Å². The lowest BCUT2D eigenvalue weighted by molar-refractivity contribution is -0.0105. The molecule has 3 rings (SSSR count). The summed E-state index contributed by atoms with van der Waals surface area (Å²) in [7, 11) is 1.58. The second kappa shape index (κ2) is 9.25. The lowest BCUT2D eigenvalue weighted by Gasteiger charge is -2.35. The number of amides is 1. The molecule has 2 unspecified atom stereocenters. The van der Waals surface area contributed by atoms with Crippen molar-refractivity contribution in [2.45, 2.75) is 45.1 Å². The van der Waals surface area contributed by atoms with Crippen LogP contribution < -0.4 is 9.47 Å². The molecule has 164 valence electrons. The number of benzene rings is 2. The number of hydrogen-bond acceptors (Lipinski definition) is 4. The highest BCUT2D eigenvalue weighted by Gasteiger charge is 2.35. The van der Waals surface area contributed by atoms with Crippen molar-refractivity contribution in [1.82, 2.24) is 4.90 Å². The van der Waals surface area contributed by atoms with Crippen molar-refractivity contribution in [3.05, 3.63) is 53.9 Å². The van der Waals surface area contributed by atoms with Crippen molar-refractivity contribution < 1.29 is 23.4 Å². The van der Waals surface area contributed by atoms with Crippen LogP contribution in [0.2, 0.25) is 0 Å². The molecule has 6 nitrogen and oxygen atoms in total. The first-order valence-corrected chi connectivity index (χ1v) is 10.1. The monoisotopic (exact) mass is 426 g/mol. The van der Waals surface area contributed by atoms with Gasteiger partial charge in [0.1, 0.15) is 23.2 Å². The number of carbonyl (C=O) groups is 1. The Hall–Kier alpha value is -3.27. The van der Waals surface area contributed by atoms with E-state index in [2.05, 4.69) is 4.85 Å². The molecular weight excluding hydrogens is 399 g/mol. The number of carbonyl (C=O) groups excluding carboxylic acids is 1. The number of nitrogens with zero attached hydrogens (tertiary/aromatic N) is 2. The minimum atomic E-state index is -1.37. The number of halogens is 1. The van der Waals surface area contributed by atoms with Crippen molar-refractivity contribution in [3.63, 3.8) is 0 Å². The largest absolute Gasteiger partial charge is 0.496 e. The SMILES string of the molecule is [C-]#[N+]c1cc(OC2CCN(C(=O)OC(C)(C)C)CC2F)cc(-c2ccccc2OC)c1. The van der Waals surface area contributed by atoms with E-state index >= 15 is 0 Å². The number of para-hydroxylation sites is 1. The van der Waals surface area contributed by atoms with E-state index in [9.17, 15) is 9.18 Å². The van der Waals surface area contributed by atoms with E-state index in [-0.39, 0.29) is 6.54 Å². The van der Waals surface area contributed by atoms with Crippen LogP contribution in [0.25, 0.3) is 16.0 Å². The molecule has 0 spiro atoms. The predicted molar refractivity (Wildman–Crippen MR) is 116 cm³/mol. The summed E-state index contributed by atoms with van der Waals surface area (Å²) in [5.41, 5.74) is 1.32. The first-order chi connectivity index (χ1) is 14.7. The van der Waals surface area contributed by atoms with Gasteiger partial charge >= 0.3 is 6.09 Å². The van der Waals surface area contributed by atoms with E-state index < -0.39 is 24.0 Å². The first-order valence-electron chi connectivity index (χ1n) is 10.1. The van der Waals surface area contributed by atoms with Crippen LogP contribution in [0.4, 0.5) is 14.9 Å². The molecule has 7 heteroatoms. The quantitative estimate of drug-likeness (QED) is 0.594. The summed E-state index contributed by atoms with van der Waals surface area (Å²) in [6.07, 6.45) is -2.29. The second-order valence-corrected chi connectivity index (χ2v) is 8.42. The zero-order valence-corrected chi connectivity index (χ0v) is 18.2. The molecule has 0 saturated carbocycles. The van der Waals surface area contributed by atoms with E-state index in [4.69, 9.17) is 20.8 Å². The summed E-state index contributed by atoms with van der Waals surface area (Å²) in [6.45, 7) is 13.0. The van der Waals surface area contributed by atoms with Gasteiger partial charge in [-0.2, -0.15) is 0 Å². The molecule has 2 aromatic carbocycles. The maximum atomic E-state index is 14.8. The maximum Gasteiger partial charge on any atom is 0.410 e. The Kier molecular flexibility index (Phi) is 6.69. The molecule has 1 aliphatic heterocycles. The van der Waals surface area contributed by atoms with Gasteiger partial charge in [0.25, 0.3) is 0 Å². The molecule has 0 bridgehead atoms. The van der Waals surface area contributed by atoms with Crippen LogP contribution in [-0.2, 0) is 4.74 Å². The third-order valence-electron chi connectivity index (χ3n) is 4.86. The van der Waals surface area contributed by atoms with Crippen molar-refractivity contribution >= 4 is 11.8 Å². The number of likely N-dealkylation sites (tertiary alicyclic amines) is 1. The van der Waals surface area contributed by atoms with Crippen LogP contribution in [0.5, 0.6) is 11.5 Å². The van der Waals surface area contributed by atoms with E-state index in [0.717, 1.165) is 11.1 Å². The minimum absolute atomic E-state index is 0.0958. The van der Waals surface area contributed by atoms with Gasteiger partial charge in [-0.1, -0.05) is 18.2 Å². The highest BCUT2D eigenvalue weighted by Crippen LogP contribution is 2.36. The minimum Gasteiger partial charge on any atom is -0.496 e. The zero-order chi connectivity index (χ0) is 22.6. The normalized spacial score (nSPS) is 18.8. The molecule has 2 aromatic rings. The molecule has 0 radical (unpaired) electrons. The second-order valence-electron chi connectivity index (χ2n) is 8.42. The van der Waals surface area contributed by atoms with Crippen LogP contribution >= 0.6 is 0 Å². The van der Waals surface area contributed by atoms with E-state index in [1.165, 1.54) is 4.90 Å². The lowest BCUT2D eigenvalue weighted by atomic mass is 10.0. The van der Waals surface area contributed by atoms with Gasteiger partial charge in [0, 0.05) is 18.5 Å². The number of piperidine rings is 1. The fourth-order valence-electron chi connectivity index (χ4n) is 3.44. The molecule has 2 atom stereocenters. The molecule has 1 fully saturated rings. The summed E-state index contributed by atoms with van der Waals surface area (Å²) < 4.78 is 31.5. The predicted octanol–water partition coefficient (Wildman–Crippen LogP) is 5.64. The molecule has 1 heterocycles. The molecule has 1 saturated heterocycles. The fourth-order valence-corrected chi connectivity index (χ4v) is 3.44.